The van der Waals surface area contributed by atoms with Crippen LogP contribution in [0.2, 0.25) is 0 Å². The van der Waals surface area contributed by atoms with E-state index in [4.69, 9.17) is 9.47 Å². The standard InChI is InChI=1S/C28H31NO4/c1-6-32-26-15-10-21(27(31)29-24-9-7-8-20(17-24)19(2)30)16-22(26)18-33-25-13-11-23(12-14-25)28(3,4)5/h7-17H,6,18H2,1-5H3,(H,29,31). The number of rotatable bonds is 8. The van der Waals surface area contributed by atoms with E-state index in [1.165, 1.54) is 12.5 Å². The maximum absolute atomic E-state index is 12.8. The zero-order valence-electron chi connectivity index (χ0n) is 19.9. The highest BCUT2D eigenvalue weighted by molar-refractivity contribution is 6.05. The fraction of sp³-hybridized carbons (Fsp3) is 0.286. The lowest BCUT2D eigenvalue weighted by molar-refractivity contribution is 0.101. The van der Waals surface area contributed by atoms with Crippen LogP contribution in [0.1, 0.15) is 66.5 Å². The summed E-state index contributed by atoms with van der Waals surface area (Å²) in [6.45, 7) is 10.7. The normalized spacial score (nSPS) is 11.1. The molecule has 0 saturated heterocycles. The molecule has 172 valence electrons. The second-order valence-electron chi connectivity index (χ2n) is 8.91. The molecule has 3 aromatic carbocycles. The quantitative estimate of drug-likeness (QED) is 0.407. The fourth-order valence-corrected chi connectivity index (χ4v) is 3.36. The smallest absolute Gasteiger partial charge is 0.255 e. The number of hydrogen-bond donors (Lipinski definition) is 1. The molecule has 1 amide bonds. The van der Waals surface area contributed by atoms with Gasteiger partial charge in [0.05, 0.1) is 6.61 Å². The number of anilines is 1. The molecule has 0 unspecified atom stereocenters. The van der Waals surface area contributed by atoms with Gasteiger partial charge in [0.2, 0.25) is 0 Å². The molecular formula is C28H31NO4. The van der Waals surface area contributed by atoms with Crippen LogP contribution in [0, 0.1) is 0 Å². The summed E-state index contributed by atoms with van der Waals surface area (Å²) < 4.78 is 11.7. The number of Topliss-reactive ketones (excluding diaryl/α,β-unsaturated/α-hetero) is 1. The van der Waals surface area contributed by atoms with E-state index < -0.39 is 0 Å². The molecule has 33 heavy (non-hydrogen) atoms. The minimum absolute atomic E-state index is 0.0536. The summed E-state index contributed by atoms with van der Waals surface area (Å²) in [6, 6.07) is 20.2. The summed E-state index contributed by atoms with van der Waals surface area (Å²) in [5.74, 6) is 1.11. The van der Waals surface area contributed by atoms with Gasteiger partial charge in [-0.15, -0.1) is 0 Å². The van der Waals surface area contributed by atoms with Crippen molar-refractivity contribution in [2.24, 2.45) is 0 Å². The Hall–Kier alpha value is -3.60. The van der Waals surface area contributed by atoms with Crippen LogP contribution in [0.5, 0.6) is 11.5 Å². The van der Waals surface area contributed by atoms with E-state index in [-0.39, 0.29) is 23.7 Å². The summed E-state index contributed by atoms with van der Waals surface area (Å²) in [5, 5.41) is 2.85. The van der Waals surface area contributed by atoms with Crippen molar-refractivity contribution in [3.05, 3.63) is 89.0 Å². The van der Waals surface area contributed by atoms with Crippen molar-refractivity contribution in [3.63, 3.8) is 0 Å². The molecule has 0 radical (unpaired) electrons. The van der Waals surface area contributed by atoms with Crippen molar-refractivity contribution in [1.29, 1.82) is 0 Å². The monoisotopic (exact) mass is 445 g/mol. The highest BCUT2D eigenvalue weighted by Gasteiger charge is 2.14. The molecule has 0 saturated carbocycles. The van der Waals surface area contributed by atoms with E-state index in [1.807, 2.05) is 19.1 Å². The third kappa shape index (κ3) is 6.45. The molecule has 0 spiro atoms. The predicted molar refractivity (Wildman–Crippen MR) is 131 cm³/mol. The van der Waals surface area contributed by atoms with Crippen molar-refractivity contribution in [2.45, 2.75) is 46.6 Å². The summed E-state index contributed by atoms with van der Waals surface area (Å²) in [5.41, 5.74) is 3.68. The molecule has 0 heterocycles. The molecule has 0 aliphatic carbocycles. The lowest BCUT2D eigenvalue weighted by Crippen LogP contribution is -2.13. The summed E-state index contributed by atoms with van der Waals surface area (Å²) >= 11 is 0. The summed E-state index contributed by atoms with van der Waals surface area (Å²) in [4.78, 5) is 24.5. The van der Waals surface area contributed by atoms with E-state index in [2.05, 4.69) is 38.2 Å². The number of ketones is 1. The maximum Gasteiger partial charge on any atom is 0.255 e. The van der Waals surface area contributed by atoms with Gasteiger partial charge in [-0.05, 0) is 67.3 Å². The number of ether oxygens (including phenoxy) is 2. The zero-order chi connectivity index (χ0) is 24.0. The number of carbonyl (C=O) groups excluding carboxylic acids is 2. The van der Waals surface area contributed by atoms with Gasteiger partial charge in [-0.2, -0.15) is 0 Å². The van der Waals surface area contributed by atoms with Gasteiger partial charge < -0.3 is 14.8 Å². The fourth-order valence-electron chi connectivity index (χ4n) is 3.36. The molecule has 3 aromatic rings. The average molecular weight is 446 g/mol. The molecule has 5 heteroatoms. The van der Waals surface area contributed by atoms with Gasteiger partial charge in [-0.25, -0.2) is 0 Å². The Morgan fingerprint density at radius 3 is 2.24 bits per heavy atom. The minimum atomic E-state index is -0.269. The van der Waals surface area contributed by atoms with Crippen LogP contribution in [0.25, 0.3) is 0 Å². The molecule has 0 bridgehead atoms. The first-order chi connectivity index (χ1) is 15.7. The van der Waals surface area contributed by atoms with Crippen LogP contribution < -0.4 is 14.8 Å². The lowest BCUT2D eigenvalue weighted by atomic mass is 9.87. The molecule has 1 N–H and O–H groups in total. The van der Waals surface area contributed by atoms with Crippen LogP contribution in [-0.4, -0.2) is 18.3 Å². The highest BCUT2D eigenvalue weighted by Crippen LogP contribution is 2.26. The van der Waals surface area contributed by atoms with Gasteiger partial charge in [0.15, 0.2) is 5.78 Å². The summed E-state index contributed by atoms with van der Waals surface area (Å²) in [7, 11) is 0. The largest absolute Gasteiger partial charge is 0.493 e. The minimum Gasteiger partial charge on any atom is -0.493 e. The van der Waals surface area contributed by atoms with Gasteiger partial charge in [-0.3, -0.25) is 9.59 Å². The Labute approximate surface area is 195 Å². The Balaban J connectivity index is 1.76. The summed E-state index contributed by atoms with van der Waals surface area (Å²) in [6.07, 6.45) is 0. The zero-order valence-corrected chi connectivity index (χ0v) is 19.9. The SMILES string of the molecule is CCOc1ccc(C(=O)Nc2cccc(C(C)=O)c2)cc1COc1ccc(C(C)(C)C)cc1. The van der Waals surface area contributed by atoms with E-state index in [1.54, 1.807) is 42.5 Å². The van der Waals surface area contributed by atoms with Crippen LogP contribution in [0.15, 0.2) is 66.7 Å². The number of hydrogen-bond acceptors (Lipinski definition) is 4. The highest BCUT2D eigenvalue weighted by atomic mass is 16.5. The third-order valence-corrected chi connectivity index (χ3v) is 5.26. The number of benzene rings is 3. The van der Waals surface area contributed by atoms with Crippen LogP contribution in [0.4, 0.5) is 5.69 Å². The Morgan fingerprint density at radius 1 is 0.879 bits per heavy atom. The van der Waals surface area contributed by atoms with Gasteiger partial charge in [-0.1, -0.05) is 45.0 Å². The van der Waals surface area contributed by atoms with Crippen LogP contribution in [-0.2, 0) is 12.0 Å². The van der Waals surface area contributed by atoms with E-state index >= 15 is 0 Å². The predicted octanol–water partition coefficient (Wildman–Crippen LogP) is 6.42. The van der Waals surface area contributed by atoms with Gasteiger partial charge >= 0.3 is 0 Å². The second-order valence-corrected chi connectivity index (χ2v) is 8.91. The van der Waals surface area contributed by atoms with Crippen molar-refractivity contribution < 1.29 is 19.1 Å². The van der Waals surface area contributed by atoms with Crippen molar-refractivity contribution in [2.75, 3.05) is 11.9 Å². The van der Waals surface area contributed by atoms with Gasteiger partial charge in [0, 0.05) is 22.4 Å². The van der Waals surface area contributed by atoms with Crippen molar-refractivity contribution in [3.8, 4) is 11.5 Å². The number of amides is 1. The average Bonchev–Trinajstić information content (AvgIpc) is 2.78. The third-order valence-electron chi connectivity index (χ3n) is 5.26. The first-order valence-electron chi connectivity index (χ1n) is 11.1. The van der Waals surface area contributed by atoms with E-state index in [9.17, 15) is 9.59 Å². The molecular weight excluding hydrogens is 414 g/mol. The maximum atomic E-state index is 12.8. The Bertz CT molecular complexity index is 1130. The van der Waals surface area contributed by atoms with E-state index in [0.29, 0.717) is 29.2 Å². The van der Waals surface area contributed by atoms with Gasteiger partial charge in [0.25, 0.3) is 5.91 Å². The van der Waals surface area contributed by atoms with Crippen LogP contribution >= 0.6 is 0 Å². The molecule has 0 fully saturated rings. The second kappa shape index (κ2) is 10.3. The van der Waals surface area contributed by atoms with Gasteiger partial charge in [0.1, 0.15) is 18.1 Å². The van der Waals surface area contributed by atoms with Crippen molar-refractivity contribution >= 4 is 17.4 Å². The molecule has 0 aliphatic heterocycles. The number of nitrogens with one attached hydrogen (secondary N) is 1. The number of carbonyl (C=O) groups is 2. The first kappa shape index (κ1) is 24.1. The van der Waals surface area contributed by atoms with Crippen LogP contribution in [0.3, 0.4) is 0 Å². The molecule has 0 aromatic heterocycles. The lowest BCUT2D eigenvalue weighted by Gasteiger charge is -2.19. The Kier molecular flexibility index (Phi) is 7.54. The molecule has 0 aliphatic rings. The molecule has 3 rings (SSSR count). The van der Waals surface area contributed by atoms with Crippen molar-refractivity contribution in [1.82, 2.24) is 0 Å². The van der Waals surface area contributed by atoms with E-state index in [0.717, 1.165) is 11.3 Å². The molecule has 0 atom stereocenters. The topological polar surface area (TPSA) is 64.6 Å². The first-order valence-corrected chi connectivity index (χ1v) is 11.1. The molecule has 5 nitrogen and oxygen atoms in total. The Morgan fingerprint density at radius 2 is 1.61 bits per heavy atom.